The van der Waals surface area contributed by atoms with E-state index in [0.29, 0.717) is 17.1 Å². The van der Waals surface area contributed by atoms with E-state index in [1.54, 1.807) is 22.8 Å². The van der Waals surface area contributed by atoms with Gasteiger partial charge in [0, 0.05) is 18.0 Å². The lowest BCUT2D eigenvalue weighted by Gasteiger charge is -2.28. The molecule has 0 saturated heterocycles. The number of carbonyl (C=O) groups is 1. The quantitative estimate of drug-likeness (QED) is 0.582. The third-order valence-electron chi connectivity index (χ3n) is 5.66. The van der Waals surface area contributed by atoms with Crippen LogP contribution in [0.2, 0.25) is 5.02 Å². The number of hydrogen-bond donors (Lipinski definition) is 0. The van der Waals surface area contributed by atoms with E-state index in [1.165, 1.54) is 6.92 Å². The highest BCUT2D eigenvalue weighted by Gasteiger charge is 2.27. The Morgan fingerprint density at radius 3 is 2.60 bits per heavy atom. The lowest BCUT2D eigenvalue weighted by molar-refractivity contribution is -0.148. The number of carbonyl (C=O) groups excluding carboxylic acids is 1. The average molecular weight is 424 g/mol. The lowest BCUT2D eigenvalue weighted by atomic mass is 9.92. The SMILES string of the molecule is CC(=O)OC1CCC(n2c(=O)n(Cc3cccc(Cl)c3)c3cc(C#N)ccc32)CC1. The first-order chi connectivity index (χ1) is 14.5. The van der Waals surface area contributed by atoms with Gasteiger partial charge in [-0.3, -0.25) is 13.9 Å². The molecule has 0 N–H and O–H groups in total. The molecule has 7 heteroatoms. The van der Waals surface area contributed by atoms with Gasteiger partial charge in [-0.25, -0.2) is 4.79 Å². The first-order valence-corrected chi connectivity index (χ1v) is 10.4. The molecule has 1 aliphatic rings. The molecule has 0 bridgehead atoms. The Balaban J connectivity index is 1.74. The molecule has 0 spiro atoms. The van der Waals surface area contributed by atoms with Crippen LogP contribution < -0.4 is 5.69 Å². The van der Waals surface area contributed by atoms with Crippen LogP contribution in [0.5, 0.6) is 0 Å². The molecule has 154 valence electrons. The van der Waals surface area contributed by atoms with Crippen molar-refractivity contribution in [3.63, 3.8) is 0 Å². The molecule has 0 unspecified atom stereocenters. The number of aromatic nitrogens is 2. The van der Waals surface area contributed by atoms with Gasteiger partial charge in [0.2, 0.25) is 0 Å². The fourth-order valence-corrected chi connectivity index (χ4v) is 4.54. The van der Waals surface area contributed by atoms with Crippen molar-refractivity contribution in [2.24, 2.45) is 0 Å². The molecular weight excluding hydrogens is 402 g/mol. The van der Waals surface area contributed by atoms with Crippen LogP contribution >= 0.6 is 11.6 Å². The maximum Gasteiger partial charge on any atom is 0.329 e. The molecule has 0 radical (unpaired) electrons. The Bertz CT molecular complexity index is 1200. The maximum atomic E-state index is 13.5. The summed E-state index contributed by atoms with van der Waals surface area (Å²) < 4.78 is 8.89. The zero-order valence-electron chi connectivity index (χ0n) is 16.7. The number of halogens is 1. The predicted molar refractivity (Wildman–Crippen MR) is 115 cm³/mol. The molecule has 3 aromatic rings. The van der Waals surface area contributed by atoms with Crippen LogP contribution in [-0.4, -0.2) is 21.2 Å². The molecule has 1 saturated carbocycles. The fourth-order valence-electron chi connectivity index (χ4n) is 4.33. The monoisotopic (exact) mass is 423 g/mol. The normalized spacial score (nSPS) is 18.8. The minimum absolute atomic E-state index is 0.0281. The molecule has 2 aromatic carbocycles. The van der Waals surface area contributed by atoms with Crippen LogP contribution in [0.4, 0.5) is 0 Å². The van der Waals surface area contributed by atoms with Gasteiger partial charge in [-0.05, 0) is 61.6 Å². The third kappa shape index (κ3) is 3.99. The van der Waals surface area contributed by atoms with E-state index in [0.717, 1.165) is 42.3 Å². The number of hydrogen-bond acceptors (Lipinski definition) is 4. The topological polar surface area (TPSA) is 77.0 Å². The summed E-state index contributed by atoms with van der Waals surface area (Å²) in [7, 11) is 0. The molecule has 1 heterocycles. The molecule has 30 heavy (non-hydrogen) atoms. The number of ether oxygens (including phenoxy) is 1. The van der Waals surface area contributed by atoms with Crippen LogP contribution in [0.1, 0.15) is 49.8 Å². The molecule has 0 amide bonds. The minimum atomic E-state index is -0.266. The Morgan fingerprint density at radius 2 is 1.93 bits per heavy atom. The summed E-state index contributed by atoms with van der Waals surface area (Å²) in [4.78, 5) is 24.7. The number of rotatable bonds is 4. The van der Waals surface area contributed by atoms with Crippen LogP contribution in [0.3, 0.4) is 0 Å². The van der Waals surface area contributed by atoms with Gasteiger partial charge in [-0.2, -0.15) is 5.26 Å². The van der Waals surface area contributed by atoms with E-state index in [1.807, 2.05) is 28.8 Å². The highest BCUT2D eigenvalue weighted by Crippen LogP contribution is 2.32. The lowest BCUT2D eigenvalue weighted by Crippen LogP contribution is -2.32. The number of imidazole rings is 1. The second-order valence-corrected chi connectivity index (χ2v) is 8.16. The maximum absolute atomic E-state index is 13.5. The Labute approximate surface area is 179 Å². The van der Waals surface area contributed by atoms with Gasteiger partial charge in [-0.1, -0.05) is 23.7 Å². The molecule has 1 aromatic heterocycles. The summed E-state index contributed by atoms with van der Waals surface area (Å²) in [5.74, 6) is -0.266. The summed E-state index contributed by atoms with van der Waals surface area (Å²) in [6, 6.07) is 15.0. The summed E-state index contributed by atoms with van der Waals surface area (Å²) in [5.41, 5.74) is 2.89. The zero-order valence-corrected chi connectivity index (χ0v) is 17.4. The summed E-state index contributed by atoms with van der Waals surface area (Å²) in [6.07, 6.45) is 2.89. The van der Waals surface area contributed by atoms with E-state index in [2.05, 4.69) is 6.07 Å². The molecule has 1 fully saturated rings. The summed E-state index contributed by atoms with van der Waals surface area (Å²) >= 11 is 6.12. The standard InChI is InChI=1S/C23H22ClN3O3/c1-15(28)30-20-8-6-19(7-9-20)27-21-10-5-16(13-25)12-22(21)26(23(27)29)14-17-3-2-4-18(24)11-17/h2-5,10-12,19-20H,6-9,14H2,1H3. The van der Waals surface area contributed by atoms with Crippen LogP contribution in [0, 0.1) is 11.3 Å². The van der Waals surface area contributed by atoms with Gasteiger partial charge in [0.05, 0.1) is 29.2 Å². The molecule has 0 atom stereocenters. The van der Waals surface area contributed by atoms with Crippen LogP contribution in [0.25, 0.3) is 11.0 Å². The Hall–Kier alpha value is -3.04. The van der Waals surface area contributed by atoms with Crippen molar-refractivity contribution in [1.29, 1.82) is 5.26 Å². The van der Waals surface area contributed by atoms with Crippen molar-refractivity contribution < 1.29 is 9.53 Å². The van der Waals surface area contributed by atoms with Gasteiger partial charge >= 0.3 is 11.7 Å². The molecule has 4 rings (SSSR count). The van der Waals surface area contributed by atoms with E-state index in [4.69, 9.17) is 16.3 Å². The summed E-state index contributed by atoms with van der Waals surface area (Å²) in [6.45, 7) is 1.80. The first kappa shape index (κ1) is 20.2. The zero-order chi connectivity index (χ0) is 21.3. The number of nitrogens with zero attached hydrogens (tertiary/aromatic N) is 3. The number of nitriles is 1. The fraction of sp³-hybridized carbons (Fsp3) is 0.348. The van der Waals surface area contributed by atoms with Crippen molar-refractivity contribution >= 4 is 28.6 Å². The van der Waals surface area contributed by atoms with Crippen molar-refractivity contribution in [2.75, 3.05) is 0 Å². The second kappa shape index (κ2) is 8.37. The predicted octanol–water partition coefficient (Wildman–Crippen LogP) is 4.42. The number of fused-ring (bicyclic) bond motifs is 1. The van der Waals surface area contributed by atoms with Crippen molar-refractivity contribution in [1.82, 2.24) is 9.13 Å². The van der Waals surface area contributed by atoms with Gasteiger partial charge < -0.3 is 4.74 Å². The number of esters is 1. The molecule has 1 aliphatic carbocycles. The molecular formula is C23H22ClN3O3. The van der Waals surface area contributed by atoms with Gasteiger partial charge in [0.15, 0.2) is 0 Å². The van der Waals surface area contributed by atoms with Gasteiger partial charge in [-0.15, -0.1) is 0 Å². The minimum Gasteiger partial charge on any atom is -0.463 e. The van der Waals surface area contributed by atoms with Gasteiger partial charge in [0.1, 0.15) is 6.10 Å². The van der Waals surface area contributed by atoms with E-state index >= 15 is 0 Å². The Kier molecular flexibility index (Phi) is 5.65. The van der Waals surface area contributed by atoms with Gasteiger partial charge in [0.25, 0.3) is 0 Å². The molecule has 0 aliphatic heterocycles. The average Bonchev–Trinajstić information content (AvgIpc) is 2.99. The van der Waals surface area contributed by atoms with E-state index in [-0.39, 0.29) is 23.8 Å². The van der Waals surface area contributed by atoms with Crippen LogP contribution in [0.15, 0.2) is 47.3 Å². The van der Waals surface area contributed by atoms with E-state index in [9.17, 15) is 14.9 Å². The van der Waals surface area contributed by atoms with Crippen LogP contribution in [-0.2, 0) is 16.1 Å². The number of benzene rings is 2. The molecule has 6 nitrogen and oxygen atoms in total. The smallest absolute Gasteiger partial charge is 0.329 e. The first-order valence-electron chi connectivity index (χ1n) is 10.0. The van der Waals surface area contributed by atoms with Crippen molar-refractivity contribution in [3.05, 3.63) is 69.1 Å². The summed E-state index contributed by atoms with van der Waals surface area (Å²) in [5, 5.41) is 9.95. The highest BCUT2D eigenvalue weighted by molar-refractivity contribution is 6.30. The van der Waals surface area contributed by atoms with Crippen molar-refractivity contribution in [2.45, 2.75) is 51.3 Å². The second-order valence-electron chi connectivity index (χ2n) is 7.72. The third-order valence-corrected chi connectivity index (χ3v) is 5.90. The van der Waals surface area contributed by atoms with Crippen molar-refractivity contribution in [3.8, 4) is 6.07 Å². The largest absolute Gasteiger partial charge is 0.463 e. The van der Waals surface area contributed by atoms with E-state index < -0.39 is 0 Å². The Morgan fingerprint density at radius 1 is 1.17 bits per heavy atom. The highest BCUT2D eigenvalue weighted by atomic mass is 35.5.